The molecule has 2 heterocycles. The maximum Gasteiger partial charge on any atom is 0.191 e. The first-order valence-corrected chi connectivity index (χ1v) is 10.8. The van der Waals surface area contributed by atoms with Crippen LogP contribution in [-0.2, 0) is 9.84 Å². The number of rotatable bonds is 7. The molecule has 0 amide bonds. The van der Waals surface area contributed by atoms with E-state index >= 15 is 0 Å². The average Bonchev–Trinajstić information content (AvgIpc) is 2.89. The van der Waals surface area contributed by atoms with E-state index < -0.39 is 9.84 Å². The van der Waals surface area contributed by atoms with Crippen LogP contribution in [0.1, 0.15) is 44.9 Å². The van der Waals surface area contributed by atoms with E-state index in [0.29, 0.717) is 6.42 Å². The van der Waals surface area contributed by atoms with Crippen LogP contribution >= 0.6 is 24.0 Å². The number of hydrogen-bond donors (Lipinski definition) is 2. The second-order valence-corrected chi connectivity index (χ2v) is 8.93. The van der Waals surface area contributed by atoms with Crippen molar-refractivity contribution in [2.75, 3.05) is 44.7 Å². The number of aliphatic imine (C=N–C) groups is 1. The molecule has 24 heavy (non-hydrogen) atoms. The minimum Gasteiger partial charge on any atom is -0.356 e. The molecule has 0 saturated carbocycles. The molecule has 0 bridgehead atoms. The van der Waals surface area contributed by atoms with Crippen LogP contribution in [-0.4, -0.2) is 70.1 Å². The number of halogens is 1. The minimum atomic E-state index is -2.84. The molecule has 1 atom stereocenters. The van der Waals surface area contributed by atoms with Gasteiger partial charge in [0.1, 0.15) is 0 Å². The Labute approximate surface area is 164 Å². The molecule has 2 rings (SSSR count). The van der Waals surface area contributed by atoms with Crippen molar-refractivity contribution < 1.29 is 8.42 Å². The molecule has 6 nitrogen and oxygen atoms in total. The first-order chi connectivity index (χ1) is 11.1. The highest BCUT2D eigenvalue weighted by atomic mass is 127. The SMILES string of the molecule is CN=C(NCCCCCN1CCCCC1)NC1CCS(=O)(=O)C1.I. The maximum atomic E-state index is 11.5. The molecule has 2 aliphatic heterocycles. The monoisotopic (exact) mass is 472 g/mol. The number of nitrogens with one attached hydrogen (secondary N) is 2. The first-order valence-electron chi connectivity index (χ1n) is 8.99. The first kappa shape index (κ1) is 22.0. The Morgan fingerprint density at radius 3 is 2.54 bits per heavy atom. The molecular weight excluding hydrogens is 439 g/mol. The summed E-state index contributed by atoms with van der Waals surface area (Å²) in [6, 6.07) is 0.00491. The summed E-state index contributed by atoms with van der Waals surface area (Å²) < 4.78 is 22.9. The summed E-state index contributed by atoms with van der Waals surface area (Å²) in [5.41, 5.74) is 0. The third-order valence-electron chi connectivity index (χ3n) is 4.69. The fourth-order valence-electron chi connectivity index (χ4n) is 3.32. The van der Waals surface area contributed by atoms with Gasteiger partial charge >= 0.3 is 0 Å². The van der Waals surface area contributed by atoms with Crippen molar-refractivity contribution in [2.24, 2.45) is 4.99 Å². The zero-order chi connectivity index (χ0) is 16.5. The summed E-state index contributed by atoms with van der Waals surface area (Å²) in [5, 5.41) is 6.51. The van der Waals surface area contributed by atoms with Crippen LogP contribution in [0.15, 0.2) is 4.99 Å². The molecule has 0 radical (unpaired) electrons. The van der Waals surface area contributed by atoms with Gasteiger partial charge in [-0.3, -0.25) is 4.99 Å². The molecule has 142 valence electrons. The molecule has 0 aromatic heterocycles. The van der Waals surface area contributed by atoms with Gasteiger partial charge in [0.2, 0.25) is 0 Å². The molecule has 2 fully saturated rings. The summed E-state index contributed by atoms with van der Waals surface area (Å²) >= 11 is 0. The van der Waals surface area contributed by atoms with Crippen molar-refractivity contribution in [1.82, 2.24) is 15.5 Å². The van der Waals surface area contributed by atoms with Gasteiger partial charge in [-0.25, -0.2) is 8.42 Å². The fraction of sp³-hybridized carbons (Fsp3) is 0.938. The molecule has 2 aliphatic rings. The van der Waals surface area contributed by atoms with Crippen molar-refractivity contribution >= 4 is 39.8 Å². The molecule has 2 saturated heterocycles. The molecular formula is C16H33IN4O2S. The number of nitrogens with zero attached hydrogens (tertiary/aromatic N) is 2. The van der Waals surface area contributed by atoms with E-state index in [-0.39, 0.29) is 41.5 Å². The van der Waals surface area contributed by atoms with Gasteiger partial charge in [-0.05, 0) is 51.7 Å². The van der Waals surface area contributed by atoms with Crippen LogP contribution in [0.25, 0.3) is 0 Å². The Balaban J connectivity index is 0.00000288. The Hall–Kier alpha value is -0.0900. The summed E-state index contributed by atoms with van der Waals surface area (Å²) in [6.07, 6.45) is 8.40. The van der Waals surface area contributed by atoms with Crippen LogP contribution < -0.4 is 10.6 Å². The Kier molecular flexibility index (Phi) is 10.5. The third kappa shape index (κ3) is 8.33. The lowest BCUT2D eigenvalue weighted by Gasteiger charge is -2.26. The van der Waals surface area contributed by atoms with Gasteiger partial charge in [-0.1, -0.05) is 12.8 Å². The molecule has 0 aromatic carbocycles. The van der Waals surface area contributed by atoms with Gasteiger partial charge in [0.05, 0.1) is 11.5 Å². The molecule has 0 aliphatic carbocycles. The highest BCUT2D eigenvalue weighted by Crippen LogP contribution is 2.11. The second-order valence-electron chi connectivity index (χ2n) is 6.71. The smallest absolute Gasteiger partial charge is 0.191 e. The van der Waals surface area contributed by atoms with Gasteiger partial charge in [-0.2, -0.15) is 0 Å². The summed E-state index contributed by atoms with van der Waals surface area (Å²) in [6.45, 7) is 4.67. The highest BCUT2D eigenvalue weighted by molar-refractivity contribution is 14.0. The largest absolute Gasteiger partial charge is 0.356 e. The highest BCUT2D eigenvalue weighted by Gasteiger charge is 2.28. The van der Waals surface area contributed by atoms with Crippen molar-refractivity contribution in [2.45, 2.75) is 51.0 Å². The van der Waals surface area contributed by atoms with E-state index in [1.165, 1.54) is 51.7 Å². The zero-order valence-electron chi connectivity index (χ0n) is 14.8. The lowest BCUT2D eigenvalue weighted by Crippen LogP contribution is -2.44. The summed E-state index contributed by atoms with van der Waals surface area (Å²) in [5.74, 6) is 1.24. The number of unbranched alkanes of at least 4 members (excludes halogenated alkanes) is 2. The van der Waals surface area contributed by atoms with Gasteiger partial charge < -0.3 is 15.5 Å². The average molecular weight is 472 g/mol. The standard InChI is InChI=1S/C16H32N4O2S.HI/c1-17-16(19-15-8-13-23(21,22)14-15)18-9-4-2-5-10-20-11-6-3-7-12-20;/h15H,2-14H2,1H3,(H2,17,18,19);1H. The van der Waals surface area contributed by atoms with E-state index in [1.807, 2.05) is 0 Å². The van der Waals surface area contributed by atoms with Gasteiger partial charge in [0, 0.05) is 19.6 Å². The normalized spacial score (nSPS) is 24.4. The molecule has 0 spiro atoms. The third-order valence-corrected chi connectivity index (χ3v) is 6.46. The predicted octanol–water partition coefficient (Wildman–Crippen LogP) is 1.61. The van der Waals surface area contributed by atoms with Gasteiger partial charge in [0.25, 0.3) is 0 Å². The number of piperidine rings is 1. The quantitative estimate of drug-likeness (QED) is 0.255. The molecule has 0 aromatic rings. The van der Waals surface area contributed by atoms with E-state index in [4.69, 9.17) is 0 Å². The topological polar surface area (TPSA) is 73.8 Å². The minimum absolute atomic E-state index is 0. The van der Waals surface area contributed by atoms with Crippen molar-refractivity contribution in [3.8, 4) is 0 Å². The zero-order valence-corrected chi connectivity index (χ0v) is 17.9. The van der Waals surface area contributed by atoms with E-state index in [9.17, 15) is 8.42 Å². The van der Waals surface area contributed by atoms with Crippen molar-refractivity contribution in [1.29, 1.82) is 0 Å². The Bertz CT molecular complexity index is 478. The van der Waals surface area contributed by atoms with Crippen LogP contribution in [0, 0.1) is 0 Å². The Morgan fingerprint density at radius 1 is 1.17 bits per heavy atom. The number of hydrogen-bond acceptors (Lipinski definition) is 4. The lowest BCUT2D eigenvalue weighted by atomic mass is 10.1. The van der Waals surface area contributed by atoms with Crippen molar-refractivity contribution in [3.63, 3.8) is 0 Å². The van der Waals surface area contributed by atoms with Gasteiger partial charge in [-0.15, -0.1) is 24.0 Å². The number of sulfone groups is 1. The number of guanidine groups is 1. The predicted molar refractivity (Wildman–Crippen MR) is 111 cm³/mol. The van der Waals surface area contributed by atoms with E-state index in [0.717, 1.165) is 18.9 Å². The molecule has 8 heteroatoms. The van der Waals surface area contributed by atoms with Crippen molar-refractivity contribution in [3.05, 3.63) is 0 Å². The van der Waals surface area contributed by atoms with Crippen LogP contribution in [0.4, 0.5) is 0 Å². The molecule has 1 unspecified atom stereocenters. The summed E-state index contributed by atoms with van der Waals surface area (Å²) in [4.78, 5) is 6.76. The van der Waals surface area contributed by atoms with Crippen LogP contribution in [0.2, 0.25) is 0 Å². The van der Waals surface area contributed by atoms with Gasteiger partial charge in [0.15, 0.2) is 15.8 Å². The van der Waals surface area contributed by atoms with E-state index in [1.54, 1.807) is 7.05 Å². The summed E-state index contributed by atoms with van der Waals surface area (Å²) in [7, 11) is -1.11. The van der Waals surface area contributed by atoms with Crippen LogP contribution in [0.3, 0.4) is 0 Å². The maximum absolute atomic E-state index is 11.5. The molecule has 2 N–H and O–H groups in total. The van der Waals surface area contributed by atoms with Crippen LogP contribution in [0.5, 0.6) is 0 Å². The van der Waals surface area contributed by atoms with E-state index in [2.05, 4.69) is 20.5 Å². The Morgan fingerprint density at radius 2 is 1.92 bits per heavy atom. The lowest BCUT2D eigenvalue weighted by molar-refractivity contribution is 0.224. The number of likely N-dealkylation sites (tertiary alicyclic amines) is 1. The fourth-order valence-corrected chi connectivity index (χ4v) is 5.00. The second kappa shape index (κ2) is 11.5.